The SMILES string of the molecule is CC(C)Nc1nc(NCc2ccc(Cl)cc2)cc(-c2cccnc2)n1. The summed E-state index contributed by atoms with van der Waals surface area (Å²) in [5.74, 6) is 1.35. The van der Waals surface area contributed by atoms with Gasteiger partial charge in [0.05, 0.1) is 5.69 Å². The molecule has 0 unspecified atom stereocenters. The Morgan fingerprint density at radius 3 is 2.56 bits per heavy atom. The van der Waals surface area contributed by atoms with Gasteiger partial charge in [0.15, 0.2) is 0 Å². The van der Waals surface area contributed by atoms with Gasteiger partial charge in [-0.3, -0.25) is 4.98 Å². The number of nitrogens with one attached hydrogen (secondary N) is 2. The van der Waals surface area contributed by atoms with E-state index in [1.54, 1.807) is 12.4 Å². The fourth-order valence-electron chi connectivity index (χ4n) is 2.32. The second-order valence-electron chi connectivity index (χ2n) is 5.98. The van der Waals surface area contributed by atoms with Crippen LogP contribution in [0, 0.1) is 0 Å². The first-order valence-electron chi connectivity index (χ1n) is 8.14. The predicted molar refractivity (Wildman–Crippen MR) is 103 cm³/mol. The number of pyridine rings is 1. The van der Waals surface area contributed by atoms with Crippen molar-refractivity contribution in [1.82, 2.24) is 15.0 Å². The van der Waals surface area contributed by atoms with Gasteiger partial charge in [0.25, 0.3) is 0 Å². The van der Waals surface area contributed by atoms with Crippen molar-refractivity contribution in [2.75, 3.05) is 10.6 Å². The van der Waals surface area contributed by atoms with Crippen LogP contribution in [0.2, 0.25) is 5.02 Å². The van der Waals surface area contributed by atoms with Gasteiger partial charge >= 0.3 is 0 Å². The fraction of sp³-hybridized carbons (Fsp3) is 0.211. The van der Waals surface area contributed by atoms with Crippen molar-refractivity contribution < 1.29 is 0 Å². The summed E-state index contributed by atoms with van der Waals surface area (Å²) in [6.07, 6.45) is 3.54. The molecule has 0 saturated carbocycles. The van der Waals surface area contributed by atoms with Crippen LogP contribution in [0.4, 0.5) is 11.8 Å². The zero-order valence-electron chi connectivity index (χ0n) is 14.2. The third kappa shape index (κ3) is 4.90. The van der Waals surface area contributed by atoms with E-state index in [2.05, 4.69) is 39.4 Å². The van der Waals surface area contributed by atoms with Crippen molar-refractivity contribution in [2.24, 2.45) is 0 Å². The Morgan fingerprint density at radius 1 is 1.08 bits per heavy atom. The van der Waals surface area contributed by atoms with Gasteiger partial charge in [0.1, 0.15) is 5.82 Å². The van der Waals surface area contributed by atoms with Gasteiger partial charge in [-0.2, -0.15) is 4.98 Å². The smallest absolute Gasteiger partial charge is 0.225 e. The lowest BCUT2D eigenvalue weighted by Gasteiger charge is -2.13. The van der Waals surface area contributed by atoms with Crippen LogP contribution >= 0.6 is 11.6 Å². The molecule has 6 heteroatoms. The second kappa shape index (κ2) is 7.94. The highest BCUT2D eigenvalue weighted by atomic mass is 35.5. The molecule has 2 heterocycles. The van der Waals surface area contributed by atoms with Crippen molar-refractivity contribution >= 4 is 23.4 Å². The molecule has 0 fully saturated rings. The minimum Gasteiger partial charge on any atom is -0.366 e. The van der Waals surface area contributed by atoms with E-state index in [0.29, 0.717) is 12.5 Å². The molecule has 0 bridgehead atoms. The zero-order chi connectivity index (χ0) is 17.6. The van der Waals surface area contributed by atoms with E-state index in [4.69, 9.17) is 11.6 Å². The summed E-state index contributed by atoms with van der Waals surface area (Å²) in [5, 5.41) is 7.34. The first kappa shape index (κ1) is 17.2. The molecular formula is C19H20ClN5. The van der Waals surface area contributed by atoms with Crippen LogP contribution in [-0.2, 0) is 6.54 Å². The topological polar surface area (TPSA) is 62.7 Å². The van der Waals surface area contributed by atoms with Crippen LogP contribution in [0.1, 0.15) is 19.4 Å². The monoisotopic (exact) mass is 353 g/mol. The maximum Gasteiger partial charge on any atom is 0.225 e. The van der Waals surface area contributed by atoms with Gasteiger partial charge in [0.2, 0.25) is 5.95 Å². The zero-order valence-corrected chi connectivity index (χ0v) is 15.0. The Kier molecular flexibility index (Phi) is 5.46. The Morgan fingerprint density at radius 2 is 1.88 bits per heavy atom. The number of halogens is 1. The lowest BCUT2D eigenvalue weighted by Crippen LogP contribution is -2.14. The molecule has 25 heavy (non-hydrogen) atoms. The number of nitrogens with zero attached hydrogens (tertiary/aromatic N) is 3. The Labute approximate surface area is 152 Å². The second-order valence-corrected chi connectivity index (χ2v) is 6.42. The average Bonchev–Trinajstić information content (AvgIpc) is 2.61. The maximum absolute atomic E-state index is 5.93. The molecule has 0 saturated heterocycles. The van der Waals surface area contributed by atoms with E-state index in [9.17, 15) is 0 Å². The summed E-state index contributed by atoms with van der Waals surface area (Å²) < 4.78 is 0. The van der Waals surface area contributed by atoms with Gasteiger partial charge in [-0.1, -0.05) is 23.7 Å². The van der Waals surface area contributed by atoms with Gasteiger partial charge < -0.3 is 10.6 Å². The molecule has 0 aliphatic rings. The van der Waals surface area contributed by atoms with Crippen molar-refractivity contribution in [2.45, 2.75) is 26.4 Å². The molecule has 0 aliphatic carbocycles. The molecule has 2 N–H and O–H groups in total. The molecule has 0 amide bonds. The summed E-state index contributed by atoms with van der Waals surface area (Å²) in [5.41, 5.74) is 2.90. The molecule has 0 spiro atoms. The van der Waals surface area contributed by atoms with Crippen molar-refractivity contribution in [3.05, 3.63) is 65.4 Å². The molecule has 1 aromatic carbocycles. The third-order valence-corrected chi connectivity index (χ3v) is 3.74. The Balaban J connectivity index is 1.85. The predicted octanol–water partition coefficient (Wildman–Crippen LogP) is 4.62. The van der Waals surface area contributed by atoms with Crippen LogP contribution in [-0.4, -0.2) is 21.0 Å². The average molecular weight is 354 g/mol. The van der Waals surface area contributed by atoms with Crippen LogP contribution in [0.5, 0.6) is 0 Å². The van der Waals surface area contributed by atoms with E-state index in [-0.39, 0.29) is 6.04 Å². The van der Waals surface area contributed by atoms with Gasteiger partial charge in [0, 0.05) is 41.6 Å². The maximum atomic E-state index is 5.93. The molecule has 2 aromatic heterocycles. The fourth-order valence-corrected chi connectivity index (χ4v) is 2.44. The minimum absolute atomic E-state index is 0.244. The number of rotatable bonds is 6. The number of anilines is 2. The lowest BCUT2D eigenvalue weighted by atomic mass is 10.2. The summed E-state index contributed by atoms with van der Waals surface area (Å²) in [4.78, 5) is 13.3. The first-order valence-corrected chi connectivity index (χ1v) is 8.52. The summed E-state index contributed by atoms with van der Waals surface area (Å²) in [6.45, 7) is 4.77. The third-order valence-electron chi connectivity index (χ3n) is 3.49. The molecule has 0 aliphatic heterocycles. The lowest BCUT2D eigenvalue weighted by molar-refractivity contribution is 0.874. The standard InChI is InChI=1S/C19H20ClN5/c1-13(2)23-19-24-17(15-4-3-9-21-12-15)10-18(25-19)22-11-14-5-7-16(20)8-6-14/h3-10,12-13H,11H2,1-2H3,(H2,22,23,24,25). The number of hydrogen-bond donors (Lipinski definition) is 2. The first-order chi connectivity index (χ1) is 12.1. The molecule has 3 aromatic rings. The normalized spacial score (nSPS) is 10.7. The number of aromatic nitrogens is 3. The van der Waals surface area contributed by atoms with E-state index in [0.717, 1.165) is 27.7 Å². The quantitative estimate of drug-likeness (QED) is 0.676. The summed E-state index contributed by atoms with van der Waals surface area (Å²) in [7, 11) is 0. The highest BCUT2D eigenvalue weighted by Crippen LogP contribution is 2.21. The molecule has 128 valence electrons. The molecular weight excluding hydrogens is 334 g/mol. The van der Waals surface area contributed by atoms with E-state index in [1.165, 1.54) is 0 Å². The Bertz CT molecular complexity index is 819. The van der Waals surface area contributed by atoms with E-state index in [1.807, 2.05) is 42.5 Å². The van der Waals surface area contributed by atoms with Crippen LogP contribution in [0.3, 0.4) is 0 Å². The Hall–Kier alpha value is -2.66. The molecule has 3 rings (SSSR count). The van der Waals surface area contributed by atoms with Crippen molar-refractivity contribution in [3.8, 4) is 11.3 Å². The summed E-state index contributed by atoms with van der Waals surface area (Å²) in [6, 6.07) is 13.8. The molecule has 5 nitrogen and oxygen atoms in total. The van der Waals surface area contributed by atoms with E-state index < -0.39 is 0 Å². The summed E-state index contributed by atoms with van der Waals surface area (Å²) >= 11 is 5.93. The van der Waals surface area contributed by atoms with Crippen LogP contribution in [0.25, 0.3) is 11.3 Å². The minimum atomic E-state index is 0.244. The molecule has 0 atom stereocenters. The van der Waals surface area contributed by atoms with Crippen molar-refractivity contribution in [3.63, 3.8) is 0 Å². The number of hydrogen-bond acceptors (Lipinski definition) is 5. The highest BCUT2D eigenvalue weighted by Gasteiger charge is 2.08. The number of benzene rings is 1. The highest BCUT2D eigenvalue weighted by molar-refractivity contribution is 6.30. The van der Waals surface area contributed by atoms with Crippen LogP contribution < -0.4 is 10.6 Å². The van der Waals surface area contributed by atoms with Crippen LogP contribution in [0.15, 0.2) is 54.9 Å². The van der Waals surface area contributed by atoms with Gasteiger partial charge in [-0.25, -0.2) is 4.98 Å². The largest absolute Gasteiger partial charge is 0.366 e. The molecule has 0 radical (unpaired) electrons. The van der Waals surface area contributed by atoms with Gasteiger partial charge in [-0.15, -0.1) is 0 Å². The van der Waals surface area contributed by atoms with Gasteiger partial charge in [-0.05, 0) is 43.7 Å². The van der Waals surface area contributed by atoms with E-state index >= 15 is 0 Å². The van der Waals surface area contributed by atoms with Crippen molar-refractivity contribution in [1.29, 1.82) is 0 Å².